The molecule has 3 aromatic rings. The average molecular weight is 371 g/mol. The third-order valence-electron chi connectivity index (χ3n) is 4.21. The number of fused-ring (bicyclic) bond motifs is 1. The Balaban J connectivity index is 1.56. The molecule has 0 aliphatic heterocycles. The lowest BCUT2D eigenvalue weighted by atomic mass is 10.1. The predicted molar refractivity (Wildman–Crippen MR) is 95.7 cm³/mol. The quantitative estimate of drug-likeness (QED) is 0.562. The molecule has 26 heavy (non-hydrogen) atoms. The van der Waals surface area contributed by atoms with Gasteiger partial charge in [0.05, 0.1) is 18.4 Å². The number of anilines is 1. The highest BCUT2D eigenvalue weighted by molar-refractivity contribution is 6.30. The first kappa shape index (κ1) is 16.5. The van der Waals surface area contributed by atoms with E-state index in [-0.39, 0.29) is 5.91 Å². The van der Waals surface area contributed by atoms with Gasteiger partial charge in [0.1, 0.15) is 11.0 Å². The Morgan fingerprint density at radius 3 is 2.54 bits per heavy atom. The summed E-state index contributed by atoms with van der Waals surface area (Å²) in [6.45, 7) is 0. The topological polar surface area (TPSA) is 85.6 Å². The number of hydrogen-bond acceptors (Lipinski definition) is 5. The number of esters is 1. The van der Waals surface area contributed by atoms with Gasteiger partial charge in [-0.05, 0) is 37.1 Å². The lowest BCUT2D eigenvalue weighted by Crippen LogP contribution is -2.14. The summed E-state index contributed by atoms with van der Waals surface area (Å²) in [4.78, 5) is 28.3. The highest BCUT2D eigenvalue weighted by atomic mass is 35.5. The van der Waals surface area contributed by atoms with Crippen molar-refractivity contribution in [2.24, 2.45) is 0 Å². The van der Waals surface area contributed by atoms with Crippen molar-refractivity contribution in [2.45, 2.75) is 18.8 Å². The van der Waals surface area contributed by atoms with Crippen molar-refractivity contribution < 1.29 is 14.3 Å². The molecule has 0 spiro atoms. The van der Waals surface area contributed by atoms with Crippen LogP contribution < -0.4 is 5.32 Å². The van der Waals surface area contributed by atoms with Gasteiger partial charge in [-0.1, -0.05) is 11.6 Å². The highest BCUT2D eigenvalue weighted by Gasteiger charge is 2.27. The zero-order chi connectivity index (χ0) is 18.3. The summed E-state index contributed by atoms with van der Waals surface area (Å²) in [5.41, 5.74) is 2.33. The number of amides is 1. The van der Waals surface area contributed by atoms with Crippen LogP contribution in [0.4, 0.5) is 5.82 Å². The molecule has 8 heteroatoms. The maximum atomic E-state index is 12.4. The summed E-state index contributed by atoms with van der Waals surface area (Å²) in [6.07, 6.45) is 2.26. The maximum absolute atomic E-state index is 12.4. The molecule has 2 aromatic heterocycles. The van der Waals surface area contributed by atoms with Crippen LogP contribution in [0.5, 0.6) is 0 Å². The summed E-state index contributed by atoms with van der Waals surface area (Å²) in [5, 5.41) is 7.54. The van der Waals surface area contributed by atoms with Crippen LogP contribution in [0.25, 0.3) is 5.65 Å². The van der Waals surface area contributed by atoms with Gasteiger partial charge in [-0.3, -0.25) is 4.79 Å². The van der Waals surface area contributed by atoms with Gasteiger partial charge >= 0.3 is 5.97 Å². The second-order valence-corrected chi connectivity index (χ2v) is 6.49. The van der Waals surface area contributed by atoms with Gasteiger partial charge in [0, 0.05) is 23.6 Å². The van der Waals surface area contributed by atoms with Crippen LogP contribution in [0.15, 0.2) is 36.4 Å². The van der Waals surface area contributed by atoms with Crippen LogP contribution in [-0.2, 0) is 4.74 Å². The van der Waals surface area contributed by atoms with Crippen molar-refractivity contribution >= 4 is 34.9 Å². The molecule has 1 aromatic carbocycles. The van der Waals surface area contributed by atoms with E-state index in [0.717, 1.165) is 18.5 Å². The molecule has 1 aliphatic rings. The number of halogens is 1. The minimum atomic E-state index is -0.456. The summed E-state index contributed by atoms with van der Waals surface area (Å²) in [5.74, 6) is 0.0187. The van der Waals surface area contributed by atoms with E-state index in [1.807, 2.05) is 6.07 Å². The van der Waals surface area contributed by atoms with E-state index in [0.29, 0.717) is 33.7 Å². The lowest BCUT2D eigenvalue weighted by Gasteiger charge is -2.06. The number of nitrogens with zero attached hydrogens (tertiary/aromatic N) is 3. The summed E-state index contributed by atoms with van der Waals surface area (Å²) in [7, 11) is 1.31. The Labute approximate surface area is 153 Å². The third-order valence-corrected chi connectivity index (χ3v) is 4.48. The number of hydrogen-bond donors (Lipinski definition) is 1. The fraction of sp³-hybridized carbons (Fsp3) is 0.222. The monoisotopic (exact) mass is 370 g/mol. The van der Waals surface area contributed by atoms with E-state index in [1.165, 1.54) is 19.2 Å². The number of benzene rings is 1. The maximum Gasteiger partial charge on any atom is 0.337 e. The van der Waals surface area contributed by atoms with Crippen molar-refractivity contribution in [3.8, 4) is 0 Å². The molecule has 1 amide bonds. The first-order chi connectivity index (χ1) is 12.5. The Morgan fingerprint density at radius 1 is 1.19 bits per heavy atom. The first-order valence-corrected chi connectivity index (χ1v) is 8.49. The molecule has 7 nitrogen and oxygen atoms in total. The molecule has 1 aliphatic carbocycles. The molecule has 0 unspecified atom stereocenters. The third kappa shape index (κ3) is 3.13. The van der Waals surface area contributed by atoms with E-state index in [4.69, 9.17) is 11.6 Å². The summed E-state index contributed by atoms with van der Waals surface area (Å²) < 4.78 is 6.20. The second-order valence-electron chi connectivity index (χ2n) is 6.10. The Bertz CT molecular complexity index is 1010. The first-order valence-electron chi connectivity index (χ1n) is 8.11. The fourth-order valence-electron chi connectivity index (χ4n) is 2.66. The number of nitrogens with one attached hydrogen (secondary N) is 1. The van der Waals surface area contributed by atoms with Crippen molar-refractivity contribution in [3.63, 3.8) is 0 Å². The standard InChI is InChI=1S/C18H15ClN4O3/c1-26-18(25)12-6-4-11(5-7-12)17(24)21-15-9-14(19)23-16(20-15)8-13(22-23)10-2-3-10/h4-10H,2-3H2,1H3,(H,20,21,24). The molecule has 1 fully saturated rings. The van der Waals surface area contributed by atoms with E-state index < -0.39 is 5.97 Å². The normalized spacial score (nSPS) is 13.6. The van der Waals surface area contributed by atoms with E-state index in [2.05, 4.69) is 20.1 Å². The van der Waals surface area contributed by atoms with Crippen LogP contribution >= 0.6 is 11.6 Å². The van der Waals surface area contributed by atoms with Gasteiger partial charge < -0.3 is 10.1 Å². The SMILES string of the molecule is COC(=O)c1ccc(C(=O)Nc2cc(Cl)n3nc(C4CC4)cc3n2)cc1. The van der Waals surface area contributed by atoms with Crippen molar-refractivity contribution in [1.82, 2.24) is 14.6 Å². The molecule has 1 N–H and O–H groups in total. The molecule has 0 atom stereocenters. The van der Waals surface area contributed by atoms with Crippen molar-refractivity contribution in [3.05, 3.63) is 58.4 Å². The molecular weight excluding hydrogens is 356 g/mol. The van der Waals surface area contributed by atoms with E-state index in [9.17, 15) is 9.59 Å². The van der Waals surface area contributed by atoms with E-state index in [1.54, 1.807) is 22.7 Å². The van der Waals surface area contributed by atoms with Crippen LogP contribution in [0.3, 0.4) is 0 Å². The Morgan fingerprint density at radius 2 is 1.88 bits per heavy atom. The molecule has 1 saturated carbocycles. The largest absolute Gasteiger partial charge is 0.465 e. The molecule has 4 rings (SSSR count). The molecular formula is C18H15ClN4O3. The van der Waals surface area contributed by atoms with Crippen LogP contribution in [0, 0.1) is 0 Å². The van der Waals surface area contributed by atoms with Gasteiger partial charge in [0.2, 0.25) is 0 Å². The van der Waals surface area contributed by atoms with Crippen molar-refractivity contribution in [2.75, 3.05) is 12.4 Å². The summed E-state index contributed by atoms with van der Waals surface area (Å²) in [6, 6.07) is 9.60. The van der Waals surface area contributed by atoms with Crippen LogP contribution in [0.2, 0.25) is 5.15 Å². The summed E-state index contributed by atoms with van der Waals surface area (Å²) >= 11 is 6.26. The number of carbonyl (C=O) groups excluding carboxylic acids is 2. The number of carbonyl (C=O) groups is 2. The molecule has 0 radical (unpaired) electrons. The van der Waals surface area contributed by atoms with E-state index >= 15 is 0 Å². The molecule has 2 heterocycles. The lowest BCUT2D eigenvalue weighted by molar-refractivity contribution is 0.0600. The Kier molecular flexibility index (Phi) is 4.08. The van der Waals surface area contributed by atoms with Gasteiger partial charge in [-0.15, -0.1) is 0 Å². The number of rotatable bonds is 4. The average Bonchev–Trinajstić information content (AvgIpc) is 3.40. The van der Waals surface area contributed by atoms with Crippen LogP contribution in [-0.4, -0.2) is 33.6 Å². The van der Waals surface area contributed by atoms with Crippen LogP contribution in [0.1, 0.15) is 45.2 Å². The predicted octanol–water partition coefficient (Wildman–Crippen LogP) is 3.30. The number of ether oxygens (including phenoxy) is 1. The van der Waals surface area contributed by atoms with Crippen molar-refractivity contribution in [1.29, 1.82) is 0 Å². The minimum Gasteiger partial charge on any atom is -0.465 e. The van der Waals surface area contributed by atoms with Gasteiger partial charge in [0.15, 0.2) is 5.65 Å². The van der Waals surface area contributed by atoms with Gasteiger partial charge in [0.25, 0.3) is 5.91 Å². The zero-order valence-corrected chi connectivity index (χ0v) is 14.7. The smallest absolute Gasteiger partial charge is 0.337 e. The highest BCUT2D eigenvalue weighted by Crippen LogP contribution is 2.39. The zero-order valence-electron chi connectivity index (χ0n) is 13.9. The number of methoxy groups -OCH3 is 1. The molecule has 132 valence electrons. The molecule has 0 bridgehead atoms. The van der Waals surface area contributed by atoms with Gasteiger partial charge in [-0.2, -0.15) is 5.10 Å². The Hall–Kier alpha value is -2.93. The molecule has 0 saturated heterocycles. The second kappa shape index (κ2) is 6.42. The number of aromatic nitrogens is 3. The fourth-order valence-corrected chi connectivity index (χ4v) is 2.89. The van der Waals surface area contributed by atoms with Gasteiger partial charge in [-0.25, -0.2) is 14.3 Å². The minimum absolute atomic E-state index is 0.340.